The molecule has 0 unspecified atom stereocenters. The van der Waals surface area contributed by atoms with Crippen LogP contribution in [0.4, 0.5) is 5.82 Å². The summed E-state index contributed by atoms with van der Waals surface area (Å²) in [5.74, 6) is 1.19. The number of sulfonamides is 1. The van der Waals surface area contributed by atoms with Crippen LogP contribution in [0.25, 0.3) is 0 Å². The van der Waals surface area contributed by atoms with E-state index in [9.17, 15) is 13.2 Å². The zero-order valence-electron chi connectivity index (χ0n) is 16.3. The van der Waals surface area contributed by atoms with Crippen molar-refractivity contribution in [3.63, 3.8) is 0 Å². The fourth-order valence-corrected chi connectivity index (χ4v) is 3.37. The molecule has 2 N–H and O–H groups in total. The number of hydrogen-bond donors (Lipinski definition) is 2. The molecule has 0 aliphatic rings. The lowest BCUT2D eigenvalue weighted by Crippen LogP contribution is -2.30. The quantitative estimate of drug-likeness (QED) is 0.621. The summed E-state index contributed by atoms with van der Waals surface area (Å²) in [5.41, 5.74) is 0.869. The molecule has 2 aromatic rings. The molecule has 0 atom stereocenters. The number of anilines is 1. The summed E-state index contributed by atoms with van der Waals surface area (Å²) >= 11 is 0. The highest BCUT2D eigenvalue weighted by molar-refractivity contribution is 7.89. The minimum atomic E-state index is -3.67. The number of ether oxygens (including phenoxy) is 1. The number of nitrogens with zero attached hydrogens (tertiary/aromatic N) is 2. The minimum Gasteiger partial charge on any atom is -0.494 e. The smallest absolute Gasteiger partial charge is 0.240 e. The third kappa shape index (κ3) is 6.50. The third-order valence-corrected chi connectivity index (χ3v) is 5.32. The molecule has 9 heteroatoms. The molecule has 0 fully saturated rings. The Labute approximate surface area is 166 Å². The van der Waals surface area contributed by atoms with Gasteiger partial charge < -0.3 is 15.0 Å². The summed E-state index contributed by atoms with van der Waals surface area (Å²) in [4.78, 5) is 18.2. The van der Waals surface area contributed by atoms with Gasteiger partial charge in [-0.3, -0.25) is 4.79 Å². The lowest BCUT2D eigenvalue weighted by molar-refractivity contribution is -0.121. The predicted octanol–water partition coefficient (Wildman–Crippen LogP) is 1.53. The van der Waals surface area contributed by atoms with Crippen molar-refractivity contribution in [3.8, 4) is 5.75 Å². The van der Waals surface area contributed by atoms with E-state index in [2.05, 4.69) is 15.0 Å². The number of pyridine rings is 1. The van der Waals surface area contributed by atoms with Crippen molar-refractivity contribution in [3.05, 3.63) is 48.2 Å². The molecule has 0 saturated carbocycles. The first kappa shape index (κ1) is 21.6. The summed E-state index contributed by atoms with van der Waals surface area (Å²) in [6, 6.07) is 9.89. The molecular formula is C19H26N4O4S. The maximum atomic E-state index is 12.3. The normalized spacial score (nSPS) is 11.1. The topological polar surface area (TPSA) is 101 Å². The first-order valence-electron chi connectivity index (χ1n) is 8.93. The summed E-state index contributed by atoms with van der Waals surface area (Å²) in [5, 5.41) is 2.75. The number of rotatable bonds is 10. The molecular weight excluding hydrogens is 380 g/mol. The van der Waals surface area contributed by atoms with Gasteiger partial charge in [0.05, 0.1) is 11.5 Å². The van der Waals surface area contributed by atoms with Crippen molar-refractivity contribution in [2.75, 3.05) is 32.1 Å². The highest BCUT2D eigenvalue weighted by Crippen LogP contribution is 2.15. The van der Waals surface area contributed by atoms with Crippen molar-refractivity contribution in [2.45, 2.75) is 24.8 Å². The van der Waals surface area contributed by atoms with Crippen LogP contribution in [-0.2, 0) is 21.4 Å². The van der Waals surface area contributed by atoms with E-state index in [4.69, 9.17) is 4.74 Å². The molecule has 1 aromatic carbocycles. The predicted molar refractivity (Wildman–Crippen MR) is 108 cm³/mol. The van der Waals surface area contributed by atoms with E-state index in [-0.39, 0.29) is 23.8 Å². The van der Waals surface area contributed by atoms with Gasteiger partial charge in [0.15, 0.2) is 0 Å². The molecule has 1 aromatic heterocycles. The van der Waals surface area contributed by atoms with Crippen LogP contribution in [0.15, 0.2) is 47.5 Å². The van der Waals surface area contributed by atoms with Crippen LogP contribution >= 0.6 is 0 Å². The molecule has 0 bridgehead atoms. The molecule has 0 saturated heterocycles. The lowest BCUT2D eigenvalue weighted by Gasteiger charge is -2.11. The highest BCUT2D eigenvalue weighted by atomic mass is 32.2. The van der Waals surface area contributed by atoms with Crippen LogP contribution in [0.1, 0.15) is 18.9 Å². The Bertz CT molecular complexity index is 866. The van der Waals surface area contributed by atoms with E-state index in [0.717, 1.165) is 11.4 Å². The number of amides is 1. The van der Waals surface area contributed by atoms with Crippen LogP contribution in [0.5, 0.6) is 5.75 Å². The summed E-state index contributed by atoms with van der Waals surface area (Å²) in [6.07, 6.45) is 1.74. The molecule has 1 amide bonds. The second-order valence-electron chi connectivity index (χ2n) is 6.25. The van der Waals surface area contributed by atoms with Crippen LogP contribution in [0.3, 0.4) is 0 Å². The van der Waals surface area contributed by atoms with Crippen molar-refractivity contribution in [2.24, 2.45) is 0 Å². The van der Waals surface area contributed by atoms with Gasteiger partial charge in [0, 0.05) is 39.8 Å². The first-order valence-corrected chi connectivity index (χ1v) is 10.4. The van der Waals surface area contributed by atoms with Crippen molar-refractivity contribution in [1.29, 1.82) is 0 Å². The van der Waals surface area contributed by atoms with E-state index in [1.165, 1.54) is 12.1 Å². The van der Waals surface area contributed by atoms with Crippen molar-refractivity contribution < 1.29 is 17.9 Å². The number of carbonyl (C=O) groups is 1. The van der Waals surface area contributed by atoms with Gasteiger partial charge in [0.2, 0.25) is 15.9 Å². The molecule has 8 nitrogen and oxygen atoms in total. The maximum Gasteiger partial charge on any atom is 0.240 e. The molecule has 0 aliphatic carbocycles. The van der Waals surface area contributed by atoms with Crippen molar-refractivity contribution >= 4 is 21.7 Å². The van der Waals surface area contributed by atoms with Gasteiger partial charge in [-0.15, -0.1) is 0 Å². The Morgan fingerprint density at radius 2 is 1.86 bits per heavy atom. The van der Waals surface area contributed by atoms with Gasteiger partial charge in [-0.1, -0.05) is 6.07 Å². The van der Waals surface area contributed by atoms with E-state index in [1.54, 1.807) is 18.3 Å². The maximum absolute atomic E-state index is 12.3. The summed E-state index contributed by atoms with van der Waals surface area (Å²) in [7, 11) is 0.134. The standard InChI is InChI=1S/C19H26N4O4S/c1-4-27-16-6-8-17(9-7-16)28(25,26)22-12-11-19(24)21-14-15-5-10-18(20-13-15)23(2)3/h5-10,13,22H,4,11-12,14H2,1-3H3,(H,21,24). The highest BCUT2D eigenvalue weighted by Gasteiger charge is 2.14. The average Bonchev–Trinajstić information content (AvgIpc) is 2.67. The van der Waals surface area contributed by atoms with Crippen LogP contribution in [-0.4, -0.2) is 46.6 Å². The van der Waals surface area contributed by atoms with Gasteiger partial charge in [-0.25, -0.2) is 18.1 Å². The molecule has 0 radical (unpaired) electrons. The molecule has 1 heterocycles. The largest absolute Gasteiger partial charge is 0.494 e. The number of carbonyl (C=O) groups excluding carboxylic acids is 1. The zero-order chi connectivity index (χ0) is 20.6. The van der Waals surface area contributed by atoms with Gasteiger partial charge in [0.25, 0.3) is 0 Å². The Kier molecular flexibility index (Phi) is 7.77. The number of benzene rings is 1. The molecule has 2 rings (SSSR count). The van der Waals surface area contributed by atoms with E-state index in [0.29, 0.717) is 18.9 Å². The van der Waals surface area contributed by atoms with Gasteiger partial charge in [-0.2, -0.15) is 0 Å². The van der Waals surface area contributed by atoms with Gasteiger partial charge in [-0.05, 0) is 42.8 Å². The Hall–Kier alpha value is -2.65. The van der Waals surface area contributed by atoms with E-state index >= 15 is 0 Å². The fourth-order valence-electron chi connectivity index (χ4n) is 2.34. The van der Waals surface area contributed by atoms with Crippen LogP contribution < -0.4 is 19.7 Å². The monoisotopic (exact) mass is 406 g/mol. The third-order valence-electron chi connectivity index (χ3n) is 3.85. The average molecular weight is 407 g/mol. The second-order valence-corrected chi connectivity index (χ2v) is 8.01. The second kappa shape index (κ2) is 10.0. The molecule has 0 aliphatic heterocycles. The fraction of sp³-hybridized carbons (Fsp3) is 0.368. The van der Waals surface area contributed by atoms with Gasteiger partial charge in [0.1, 0.15) is 11.6 Å². The first-order chi connectivity index (χ1) is 13.3. The lowest BCUT2D eigenvalue weighted by atomic mass is 10.2. The van der Waals surface area contributed by atoms with Gasteiger partial charge >= 0.3 is 0 Å². The Balaban J connectivity index is 1.77. The van der Waals surface area contributed by atoms with E-state index in [1.807, 2.05) is 38.1 Å². The van der Waals surface area contributed by atoms with E-state index < -0.39 is 10.0 Å². The molecule has 152 valence electrons. The van der Waals surface area contributed by atoms with Crippen LogP contribution in [0, 0.1) is 0 Å². The van der Waals surface area contributed by atoms with Crippen LogP contribution in [0.2, 0.25) is 0 Å². The summed E-state index contributed by atoms with van der Waals surface area (Å²) in [6.45, 7) is 2.71. The number of nitrogens with one attached hydrogen (secondary N) is 2. The Morgan fingerprint density at radius 1 is 1.14 bits per heavy atom. The summed E-state index contributed by atoms with van der Waals surface area (Å²) < 4.78 is 32.2. The minimum absolute atomic E-state index is 0.0131. The molecule has 0 spiro atoms. The SMILES string of the molecule is CCOc1ccc(S(=O)(=O)NCCC(=O)NCc2ccc(N(C)C)nc2)cc1. The molecule has 28 heavy (non-hydrogen) atoms. The number of hydrogen-bond acceptors (Lipinski definition) is 6. The Morgan fingerprint density at radius 3 is 2.43 bits per heavy atom. The zero-order valence-corrected chi connectivity index (χ0v) is 17.1. The van der Waals surface area contributed by atoms with Crippen molar-refractivity contribution in [1.82, 2.24) is 15.0 Å². The number of aromatic nitrogens is 1.